The monoisotopic (exact) mass is 597 g/mol. The summed E-state index contributed by atoms with van der Waals surface area (Å²) in [5.41, 5.74) is 0.986. The van der Waals surface area contributed by atoms with Gasteiger partial charge in [0.2, 0.25) is 5.91 Å². The van der Waals surface area contributed by atoms with E-state index in [9.17, 15) is 19.5 Å². The summed E-state index contributed by atoms with van der Waals surface area (Å²) in [6.07, 6.45) is 0.0612. The van der Waals surface area contributed by atoms with Gasteiger partial charge >= 0.3 is 6.09 Å². The number of halogens is 2. The highest BCUT2D eigenvalue weighted by Crippen LogP contribution is 2.38. The van der Waals surface area contributed by atoms with Gasteiger partial charge < -0.3 is 19.6 Å². The smallest absolute Gasteiger partial charge is 0.407 e. The van der Waals surface area contributed by atoms with Crippen molar-refractivity contribution in [3.8, 4) is 5.75 Å². The molecule has 0 unspecified atom stereocenters. The van der Waals surface area contributed by atoms with Crippen molar-refractivity contribution in [2.75, 3.05) is 44.7 Å². The molecule has 2 fully saturated rings. The molecule has 0 aliphatic carbocycles. The zero-order valence-electron chi connectivity index (χ0n) is 23.5. The van der Waals surface area contributed by atoms with E-state index in [2.05, 4.69) is 5.10 Å². The fourth-order valence-corrected chi connectivity index (χ4v) is 6.12. The second-order valence-corrected chi connectivity index (χ2v) is 11.1. The number of methoxy groups -OCH3 is 1. The Labute approximate surface area is 247 Å². The van der Waals surface area contributed by atoms with E-state index in [4.69, 9.17) is 16.3 Å². The van der Waals surface area contributed by atoms with E-state index >= 15 is 4.39 Å². The number of rotatable bonds is 5. The van der Waals surface area contributed by atoms with Gasteiger partial charge in [-0.05, 0) is 48.2 Å². The number of hydrogen-bond acceptors (Lipinski definition) is 6. The molecule has 5 rings (SSSR count). The molecule has 222 valence electrons. The van der Waals surface area contributed by atoms with Crippen LogP contribution in [0, 0.1) is 11.7 Å². The van der Waals surface area contributed by atoms with E-state index in [1.54, 1.807) is 42.3 Å². The Hall–Kier alpha value is -4.12. The van der Waals surface area contributed by atoms with Crippen molar-refractivity contribution in [2.24, 2.45) is 13.0 Å². The Kier molecular flexibility index (Phi) is 8.67. The van der Waals surface area contributed by atoms with Crippen LogP contribution in [0.5, 0.6) is 5.75 Å². The van der Waals surface area contributed by atoms with Crippen molar-refractivity contribution in [1.29, 1.82) is 0 Å². The Bertz CT molecular complexity index is 1520. The maximum Gasteiger partial charge on any atom is 0.407 e. The molecule has 2 aliphatic heterocycles. The van der Waals surface area contributed by atoms with Crippen LogP contribution in [0.3, 0.4) is 0 Å². The fraction of sp³-hybridized carbons (Fsp3) is 0.400. The highest BCUT2D eigenvalue weighted by molar-refractivity contribution is 6.30. The number of aromatic nitrogens is 2. The summed E-state index contributed by atoms with van der Waals surface area (Å²) in [6.45, 7) is 1.38. The molecular weight excluding hydrogens is 565 g/mol. The number of anilines is 1. The van der Waals surface area contributed by atoms with Crippen LogP contribution in [0.15, 0.2) is 59.4 Å². The van der Waals surface area contributed by atoms with Crippen molar-refractivity contribution >= 4 is 29.4 Å². The second kappa shape index (κ2) is 12.4. The Balaban J connectivity index is 1.41. The third kappa shape index (κ3) is 6.06. The maximum atomic E-state index is 15.3. The van der Waals surface area contributed by atoms with Crippen LogP contribution < -0.4 is 15.2 Å². The maximum absolute atomic E-state index is 15.3. The van der Waals surface area contributed by atoms with E-state index in [1.807, 2.05) is 17.0 Å². The fourth-order valence-electron chi connectivity index (χ4n) is 5.99. The molecule has 3 heterocycles. The third-order valence-electron chi connectivity index (χ3n) is 8.22. The summed E-state index contributed by atoms with van der Waals surface area (Å²) < 4.78 is 21.7. The molecule has 42 heavy (non-hydrogen) atoms. The van der Waals surface area contributed by atoms with Gasteiger partial charge in [-0.2, -0.15) is 5.10 Å². The molecule has 0 spiro atoms. The Morgan fingerprint density at radius 3 is 2.48 bits per heavy atom. The molecule has 2 amide bonds. The highest BCUT2D eigenvalue weighted by Gasteiger charge is 2.42. The molecule has 10 nitrogen and oxygen atoms in total. The average Bonchev–Trinajstić information content (AvgIpc) is 3.40. The van der Waals surface area contributed by atoms with E-state index in [-0.39, 0.29) is 37.1 Å². The summed E-state index contributed by atoms with van der Waals surface area (Å²) in [4.78, 5) is 43.3. The first-order valence-corrected chi connectivity index (χ1v) is 14.2. The predicted octanol–water partition coefficient (Wildman–Crippen LogP) is 4.15. The molecule has 0 radical (unpaired) electrons. The third-order valence-corrected chi connectivity index (χ3v) is 8.47. The lowest BCUT2D eigenvalue weighted by molar-refractivity contribution is -0.136. The minimum Gasteiger partial charge on any atom is -0.497 e. The summed E-state index contributed by atoms with van der Waals surface area (Å²) in [5.74, 6) is -0.856. The van der Waals surface area contributed by atoms with Gasteiger partial charge in [0.15, 0.2) is 0 Å². The van der Waals surface area contributed by atoms with Crippen LogP contribution in [-0.4, -0.2) is 76.5 Å². The van der Waals surface area contributed by atoms with E-state index in [1.165, 1.54) is 28.8 Å². The number of benzene rings is 2. The highest BCUT2D eigenvalue weighted by atomic mass is 35.5. The van der Waals surface area contributed by atoms with Crippen molar-refractivity contribution < 1.29 is 23.8 Å². The number of hydrogen-bond donors (Lipinski definition) is 1. The Morgan fingerprint density at radius 1 is 1.05 bits per heavy atom. The van der Waals surface area contributed by atoms with Gasteiger partial charge in [-0.1, -0.05) is 29.8 Å². The van der Waals surface area contributed by atoms with Crippen LogP contribution in [0.25, 0.3) is 0 Å². The quantitative estimate of drug-likeness (QED) is 0.471. The van der Waals surface area contributed by atoms with E-state index in [0.29, 0.717) is 48.1 Å². The zero-order chi connectivity index (χ0) is 30.0. The van der Waals surface area contributed by atoms with Gasteiger partial charge in [0.25, 0.3) is 5.56 Å². The largest absolute Gasteiger partial charge is 0.497 e. The normalized spacial score (nSPS) is 21.1. The molecule has 12 heteroatoms. The first-order valence-electron chi connectivity index (χ1n) is 13.8. The van der Waals surface area contributed by atoms with Gasteiger partial charge in [0.1, 0.15) is 17.4 Å². The van der Waals surface area contributed by atoms with Crippen LogP contribution in [0.1, 0.15) is 35.9 Å². The summed E-state index contributed by atoms with van der Waals surface area (Å²) >= 11 is 6.04. The van der Waals surface area contributed by atoms with Gasteiger partial charge in [0, 0.05) is 62.8 Å². The second-order valence-electron chi connectivity index (χ2n) is 10.7. The SMILES string of the molecule is COc1ccc([C@@H]2CN(c3ccc(=O)n(C)n3)C[C@H]2C(=O)N2CCC[C@H](c3ccc(Cl)cc3)N(C(=O)O)CC2)c(F)c1. The molecule has 0 saturated carbocycles. The van der Waals surface area contributed by atoms with Crippen molar-refractivity contribution in [3.63, 3.8) is 0 Å². The molecular formula is C30H33ClFN5O5. The van der Waals surface area contributed by atoms with E-state index < -0.39 is 23.7 Å². The van der Waals surface area contributed by atoms with Gasteiger partial charge in [-0.3, -0.25) is 14.5 Å². The molecule has 0 bridgehead atoms. The molecule has 2 aliphatic rings. The topological polar surface area (TPSA) is 108 Å². The standard InChI is InChI=1S/C30H33ClFN5O5/c1-34-28(38)12-11-27(33-34)36-17-23(22-10-9-21(42-2)16-25(22)32)24(18-36)29(39)35-13-3-4-26(37(15-14-35)30(40)41)19-5-7-20(31)8-6-19/h5-12,16,23-24,26H,3-4,13-15,17-18H2,1-2H3,(H,40,41)/t23-,24+,26+/m0/s1. The lowest BCUT2D eigenvalue weighted by Crippen LogP contribution is -2.47. The predicted molar refractivity (Wildman–Crippen MR) is 156 cm³/mol. The van der Waals surface area contributed by atoms with Crippen molar-refractivity contribution in [1.82, 2.24) is 19.6 Å². The number of amides is 2. The molecule has 2 aromatic carbocycles. The van der Waals surface area contributed by atoms with E-state index in [0.717, 1.165) is 5.56 Å². The molecule has 3 aromatic rings. The molecule has 1 N–H and O–H groups in total. The summed E-state index contributed by atoms with van der Waals surface area (Å²) in [5, 5.41) is 15.0. The number of ether oxygens (including phenoxy) is 1. The number of carboxylic acid groups (broad SMARTS) is 1. The lowest BCUT2D eigenvalue weighted by atomic mass is 9.87. The van der Waals surface area contributed by atoms with Gasteiger partial charge in [0.05, 0.1) is 19.1 Å². The minimum atomic E-state index is -1.06. The van der Waals surface area contributed by atoms with Crippen LogP contribution in [0.4, 0.5) is 15.0 Å². The first kappa shape index (κ1) is 29.4. The molecule has 2 saturated heterocycles. The Morgan fingerprint density at radius 2 is 1.81 bits per heavy atom. The van der Waals surface area contributed by atoms with Gasteiger partial charge in [-0.15, -0.1) is 0 Å². The number of aryl methyl sites for hydroxylation is 1. The van der Waals surface area contributed by atoms with Crippen LogP contribution in [-0.2, 0) is 11.8 Å². The number of nitrogens with zero attached hydrogens (tertiary/aromatic N) is 5. The van der Waals surface area contributed by atoms with Crippen LogP contribution >= 0.6 is 11.6 Å². The first-order chi connectivity index (χ1) is 20.2. The average molecular weight is 598 g/mol. The molecule has 3 atom stereocenters. The van der Waals surface area contributed by atoms with Crippen LogP contribution in [0.2, 0.25) is 5.02 Å². The number of carbonyl (C=O) groups is 2. The summed E-state index contributed by atoms with van der Waals surface area (Å²) in [6, 6.07) is 14.5. The lowest BCUT2D eigenvalue weighted by Gasteiger charge is -2.36. The van der Waals surface area contributed by atoms with Crippen molar-refractivity contribution in [2.45, 2.75) is 24.8 Å². The molecule has 1 aromatic heterocycles. The van der Waals surface area contributed by atoms with Gasteiger partial charge in [-0.25, -0.2) is 13.9 Å². The number of carbonyl (C=O) groups excluding carboxylic acids is 1. The summed E-state index contributed by atoms with van der Waals surface area (Å²) in [7, 11) is 3.01. The minimum absolute atomic E-state index is 0.134. The van der Waals surface area contributed by atoms with Crippen molar-refractivity contribution in [3.05, 3.63) is 86.9 Å². The zero-order valence-corrected chi connectivity index (χ0v) is 24.2.